The number of benzene rings is 3. The Kier molecular flexibility index (Phi) is 4.33. The largest absolute Gasteiger partial charge is 0.493 e. The molecule has 0 saturated carbocycles. The van der Waals surface area contributed by atoms with E-state index >= 15 is 0 Å². The normalized spacial score (nSPS) is 10.6. The van der Waals surface area contributed by atoms with Gasteiger partial charge >= 0.3 is 0 Å². The van der Waals surface area contributed by atoms with E-state index in [0.717, 1.165) is 16.5 Å². The van der Waals surface area contributed by atoms with E-state index in [2.05, 4.69) is 0 Å². The minimum Gasteiger partial charge on any atom is -0.493 e. The van der Waals surface area contributed by atoms with Gasteiger partial charge in [0.25, 0.3) is 5.69 Å². The Morgan fingerprint density at radius 3 is 2.33 bits per heavy atom. The molecule has 24 heavy (non-hydrogen) atoms. The third kappa shape index (κ3) is 2.76. The van der Waals surface area contributed by atoms with Gasteiger partial charge in [-0.25, -0.2) is 0 Å². The van der Waals surface area contributed by atoms with Gasteiger partial charge in [-0.1, -0.05) is 42.5 Å². The first-order chi connectivity index (χ1) is 11.7. The second kappa shape index (κ2) is 6.58. The number of fused-ring (bicyclic) bond motifs is 1. The Bertz CT molecular complexity index is 891. The number of non-ortho nitro benzene ring substituents is 1. The lowest BCUT2D eigenvalue weighted by atomic mass is 9.96. The first-order valence-electron chi connectivity index (χ1n) is 7.50. The summed E-state index contributed by atoms with van der Waals surface area (Å²) >= 11 is 0. The number of nitro groups is 1. The number of rotatable bonds is 5. The fourth-order valence-corrected chi connectivity index (χ4v) is 2.95. The van der Waals surface area contributed by atoms with Crippen LogP contribution in [0.15, 0.2) is 54.6 Å². The lowest BCUT2D eigenvalue weighted by Gasteiger charge is -2.16. The van der Waals surface area contributed by atoms with Gasteiger partial charge in [0.1, 0.15) is 0 Å². The summed E-state index contributed by atoms with van der Waals surface area (Å²) < 4.78 is 11.0. The molecule has 0 aliphatic carbocycles. The molecule has 0 spiro atoms. The molecule has 122 valence electrons. The molecular formula is C19H17NO4. The van der Waals surface area contributed by atoms with Crippen molar-refractivity contribution in [2.75, 3.05) is 14.2 Å². The van der Waals surface area contributed by atoms with Crippen molar-refractivity contribution >= 4 is 16.5 Å². The highest BCUT2D eigenvalue weighted by atomic mass is 16.6. The molecule has 0 bridgehead atoms. The topological polar surface area (TPSA) is 61.6 Å². The van der Waals surface area contributed by atoms with Crippen LogP contribution in [0.5, 0.6) is 11.5 Å². The zero-order valence-electron chi connectivity index (χ0n) is 13.5. The van der Waals surface area contributed by atoms with E-state index in [0.29, 0.717) is 23.3 Å². The molecule has 0 fully saturated rings. The van der Waals surface area contributed by atoms with Gasteiger partial charge in [-0.3, -0.25) is 10.1 Å². The molecule has 3 rings (SSSR count). The highest BCUT2D eigenvalue weighted by Gasteiger charge is 2.20. The SMILES string of the molecule is COc1cc2c([N+](=O)[O-])cccc2c(Cc2ccccc2)c1OC. The Hall–Kier alpha value is -3.08. The summed E-state index contributed by atoms with van der Waals surface area (Å²) in [7, 11) is 3.11. The molecule has 0 aliphatic rings. The quantitative estimate of drug-likeness (QED) is 0.517. The Labute approximate surface area is 139 Å². The molecule has 0 radical (unpaired) electrons. The lowest BCUT2D eigenvalue weighted by Crippen LogP contribution is -2.00. The van der Waals surface area contributed by atoms with Crippen molar-refractivity contribution in [1.29, 1.82) is 0 Å². The summed E-state index contributed by atoms with van der Waals surface area (Å²) in [5, 5.41) is 12.7. The van der Waals surface area contributed by atoms with Gasteiger partial charge in [-0.05, 0) is 17.0 Å². The van der Waals surface area contributed by atoms with Crippen LogP contribution in [-0.2, 0) is 6.42 Å². The van der Waals surface area contributed by atoms with E-state index in [1.54, 1.807) is 19.2 Å². The zero-order valence-corrected chi connectivity index (χ0v) is 13.5. The van der Waals surface area contributed by atoms with Crippen molar-refractivity contribution in [3.63, 3.8) is 0 Å². The molecule has 0 aliphatic heterocycles. The fourth-order valence-electron chi connectivity index (χ4n) is 2.95. The van der Waals surface area contributed by atoms with E-state index in [1.165, 1.54) is 13.2 Å². The highest BCUT2D eigenvalue weighted by molar-refractivity contribution is 5.96. The standard InChI is InChI=1S/C19H17NO4/c1-23-18-12-15-14(9-6-10-17(15)20(21)22)16(19(18)24-2)11-13-7-4-3-5-8-13/h3-10,12H,11H2,1-2H3. The van der Waals surface area contributed by atoms with Crippen molar-refractivity contribution in [3.8, 4) is 11.5 Å². The maximum Gasteiger partial charge on any atom is 0.277 e. The summed E-state index contributed by atoms with van der Waals surface area (Å²) in [5.74, 6) is 1.10. The summed E-state index contributed by atoms with van der Waals surface area (Å²) in [6.07, 6.45) is 0.596. The average molecular weight is 323 g/mol. The van der Waals surface area contributed by atoms with Gasteiger partial charge in [-0.15, -0.1) is 0 Å². The van der Waals surface area contributed by atoms with Crippen molar-refractivity contribution in [3.05, 3.63) is 75.8 Å². The predicted molar refractivity (Wildman–Crippen MR) is 93.0 cm³/mol. The number of methoxy groups -OCH3 is 2. The van der Waals surface area contributed by atoms with Gasteiger partial charge in [0.05, 0.1) is 24.5 Å². The third-order valence-corrected chi connectivity index (χ3v) is 4.03. The Morgan fingerprint density at radius 2 is 1.71 bits per heavy atom. The summed E-state index contributed by atoms with van der Waals surface area (Å²) in [5.41, 5.74) is 2.03. The summed E-state index contributed by atoms with van der Waals surface area (Å²) in [4.78, 5) is 11.0. The average Bonchev–Trinajstić information content (AvgIpc) is 2.61. The first kappa shape index (κ1) is 15.8. The van der Waals surface area contributed by atoms with Crippen LogP contribution in [0.2, 0.25) is 0 Å². The molecule has 0 saturated heterocycles. The number of hydrogen-bond acceptors (Lipinski definition) is 4. The van der Waals surface area contributed by atoms with E-state index in [4.69, 9.17) is 9.47 Å². The Balaban J connectivity index is 2.31. The van der Waals surface area contributed by atoms with Crippen LogP contribution in [0.4, 0.5) is 5.69 Å². The number of nitro benzene ring substituents is 1. The monoisotopic (exact) mass is 323 g/mol. The molecule has 0 aromatic heterocycles. The van der Waals surface area contributed by atoms with Gasteiger partial charge in [0, 0.05) is 18.1 Å². The molecule has 0 heterocycles. The maximum atomic E-state index is 11.4. The molecule has 3 aromatic carbocycles. The van der Waals surface area contributed by atoms with Crippen molar-refractivity contribution < 1.29 is 14.4 Å². The number of ether oxygens (including phenoxy) is 2. The van der Waals surface area contributed by atoms with Gasteiger partial charge in [0.15, 0.2) is 11.5 Å². The second-order valence-corrected chi connectivity index (χ2v) is 5.38. The lowest BCUT2D eigenvalue weighted by molar-refractivity contribution is -0.383. The second-order valence-electron chi connectivity index (χ2n) is 5.38. The van der Waals surface area contributed by atoms with Crippen LogP contribution in [-0.4, -0.2) is 19.1 Å². The molecular weight excluding hydrogens is 306 g/mol. The minimum absolute atomic E-state index is 0.0581. The molecule has 0 N–H and O–H groups in total. The van der Waals surface area contributed by atoms with Crippen LogP contribution >= 0.6 is 0 Å². The molecule has 0 unspecified atom stereocenters. The fraction of sp³-hybridized carbons (Fsp3) is 0.158. The Morgan fingerprint density at radius 1 is 0.958 bits per heavy atom. The van der Waals surface area contributed by atoms with Crippen molar-refractivity contribution in [2.45, 2.75) is 6.42 Å². The van der Waals surface area contributed by atoms with Gasteiger partial charge in [-0.2, -0.15) is 0 Å². The summed E-state index contributed by atoms with van der Waals surface area (Å²) in [6, 6.07) is 16.7. The van der Waals surface area contributed by atoms with Crippen LogP contribution < -0.4 is 9.47 Å². The van der Waals surface area contributed by atoms with Crippen LogP contribution in [0.3, 0.4) is 0 Å². The molecule has 0 amide bonds. The first-order valence-corrected chi connectivity index (χ1v) is 7.50. The smallest absolute Gasteiger partial charge is 0.277 e. The molecule has 0 atom stereocenters. The highest BCUT2D eigenvalue weighted by Crippen LogP contribution is 2.41. The molecule has 5 heteroatoms. The maximum absolute atomic E-state index is 11.4. The summed E-state index contributed by atoms with van der Waals surface area (Å²) in [6.45, 7) is 0. The van der Waals surface area contributed by atoms with Crippen molar-refractivity contribution in [2.24, 2.45) is 0 Å². The molecule has 5 nitrogen and oxygen atoms in total. The van der Waals surface area contributed by atoms with E-state index < -0.39 is 0 Å². The predicted octanol–water partition coefficient (Wildman–Crippen LogP) is 4.36. The van der Waals surface area contributed by atoms with E-state index in [-0.39, 0.29) is 10.6 Å². The number of hydrogen-bond donors (Lipinski definition) is 0. The van der Waals surface area contributed by atoms with Gasteiger partial charge in [0.2, 0.25) is 0 Å². The number of nitrogens with zero attached hydrogens (tertiary/aromatic N) is 1. The van der Waals surface area contributed by atoms with E-state index in [9.17, 15) is 10.1 Å². The van der Waals surface area contributed by atoms with Gasteiger partial charge < -0.3 is 9.47 Å². The third-order valence-electron chi connectivity index (χ3n) is 4.03. The van der Waals surface area contributed by atoms with Crippen LogP contribution in [0, 0.1) is 10.1 Å². The van der Waals surface area contributed by atoms with Crippen LogP contribution in [0.25, 0.3) is 10.8 Å². The zero-order chi connectivity index (χ0) is 17.1. The van der Waals surface area contributed by atoms with Crippen molar-refractivity contribution in [1.82, 2.24) is 0 Å². The minimum atomic E-state index is -0.374. The van der Waals surface area contributed by atoms with E-state index in [1.807, 2.05) is 36.4 Å². The molecule has 3 aromatic rings. The van der Waals surface area contributed by atoms with Crippen LogP contribution in [0.1, 0.15) is 11.1 Å².